The first kappa shape index (κ1) is 28.7. The van der Waals surface area contributed by atoms with Crippen molar-refractivity contribution in [2.75, 3.05) is 60.2 Å². The summed E-state index contributed by atoms with van der Waals surface area (Å²) < 4.78 is 30.2. The van der Waals surface area contributed by atoms with Crippen molar-refractivity contribution in [3.05, 3.63) is 81.8 Å². The first-order valence-electron chi connectivity index (χ1n) is 13.5. The van der Waals surface area contributed by atoms with Crippen molar-refractivity contribution in [3.8, 4) is 11.5 Å². The summed E-state index contributed by atoms with van der Waals surface area (Å²) in [5, 5.41) is 8.02. The van der Waals surface area contributed by atoms with Crippen LogP contribution < -0.4 is 9.47 Å². The molecule has 0 saturated carbocycles. The van der Waals surface area contributed by atoms with Crippen molar-refractivity contribution < 1.29 is 28.2 Å². The molecular weight excluding hydrogens is 547 g/mol. The summed E-state index contributed by atoms with van der Waals surface area (Å²) in [4.78, 5) is 31.8. The van der Waals surface area contributed by atoms with Gasteiger partial charge in [0.2, 0.25) is 0 Å². The summed E-state index contributed by atoms with van der Waals surface area (Å²) >= 11 is 1.35. The van der Waals surface area contributed by atoms with Gasteiger partial charge in [-0.25, -0.2) is 9.40 Å². The number of ether oxygens (including phenoxy) is 3. The number of rotatable bonds is 10. The zero-order valence-corrected chi connectivity index (χ0v) is 23.9. The fourth-order valence-electron chi connectivity index (χ4n) is 5.02. The Morgan fingerprint density at radius 3 is 2.56 bits per heavy atom. The molecule has 3 aromatic rings. The average Bonchev–Trinajstić information content (AvgIpc) is 3.71. The lowest BCUT2D eigenvalue weighted by atomic mass is 9.97. The Labute approximate surface area is 242 Å². The number of thiophene rings is 1. The van der Waals surface area contributed by atoms with Gasteiger partial charge in [-0.15, -0.1) is 11.3 Å². The number of carbonyl (C=O) groups excluding carboxylic acids is 2. The quantitative estimate of drug-likeness (QED) is 0.360. The van der Waals surface area contributed by atoms with Gasteiger partial charge in [0.05, 0.1) is 44.1 Å². The second-order valence-corrected chi connectivity index (χ2v) is 10.7. The maximum atomic E-state index is 13.9. The fourth-order valence-corrected chi connectivity index (χ4v) is 5.71. The number of hydrogen-bond acceptors (Lipinski definition) is 8. The molecule has 2 amide bonds. The third kappa shape index (κ3) is 6.75. The zero-order chi connectivity index (χ0) is 28.8. The van der Waals surface area contributed by atoms with Crippen LogP contribution in [0.15, 0.2) is 65.1 Å². The van der Waals surface area contributed by atoms with Crippen LogP contribution in [-0.2, 0) is 9.53 Å². The molecule has 3 heterocycles. The molecule has 5 rings (SSSR count). The fraction of sp³-hybridized carbons (Fsp3) is 0.367. The van der Waals surface area contributed by atoms with Crippen molar-refractivity contribution >= 4 is 28.9 Å². The van der Waals surface area contributed by atoms with Gasteiger partial charge in [-0.05, 0) is 41.3 Å². The molecule has 1 unspecified atom stereocenters. The van der Waals surface area contributed by atoms with Crippen molar-refractivity contribution in [1.29, 1.82) is 0 Å². The Kier molecular flexibility index (Phi) is 9.28. The summed E-state index contributed by atoms with van der Waals surface area (Å²) in [6.45, 7) is 3.74. The van der Waals surface area contributed by atoms with E-state index < -0.39 is 6.04 Å². The van der Waals surface area contributed by atoms with E-state index in [9.17, 15) is 14.0 Å². The first-order chi connectivity index (χ1) is 20.0. The predicted molar refractivity (Wildman–Crippen MR) is 154 cm³/mol. The highest BCUT2D eigenvalue weighted by Crippen LogP contribution is 2.36. The number of benzene rings is 2. The Morgan fingerprint density at radius 2 is 1.88 bits per heavy atom. The van der Waals surface area contributed by atoms with Gasteiger partial charge in [0, 0.05) is 44.2 Å². The molecule has 0 aliphatic carbocycles. The second-order valence-electron chi connectivity index (χ2n) is 9.78. The zero-order valence-electron chi connectivity index (χ0n) is 23.1. The van der Waals surface area contributed by atoms with E-state index in [2.05, 4.69) is 4.90 Å². The molecule has 0 N–H and O–H groups in total. The molecule has 1 atom stereocenters. The van der Waals surface area contributed by atoms with E-state index in [0.717, 1.165) is 24.2 Å². The third-order valence-corrected chi connectivity index (χ3v) is 8.13. The van der Waals surface area contributed by atoms with Crippen LogP contribution in [0.5, 0.6) is 11.5 Å². The molecule has 1 aromatic heterocycles. The summed E-state index contributed by atoms with van der Waals surface area (Å²) in [6.07, 6.45) is 0.396. The Morgan fingerprint density at radius 1 is 1.10 bits per heavy atom. The maximum Gasteiger partial charge on any atom is 0.264 e. The smallest absolute Gasteiger partial charge is 0.264 e. The predicted octanol–water partition coefficient (Wildman–Crippen LogP) is 4.06. The number of nitrogens with zero attached hydrogens (tertiary/aromatic N) is 4. The van der Waals surface area contributed by atoms with Gasteiger partial charge in [-0.3, -0.25) is 14.5 Å². The van der Waals surface area contributed by atoms with Crippen LogP contribution >= 0.6 is 11.3 Å². The molecule has 2 aromatic carbocycles. The van der Waals surface area contributed by atoms with Crippen LogP contribution in [0.25, 0.3) is 0 Å². The van der Waals surface area contributed by atoms with Crippen molar-refractivity contribution in [2.45, 2.75) is 12.5 Å². The molecule has 0 radical (unpaired) electrons. The molecule has 0 bridgehead atoms. The van der Waals surface area contributed by atoms with Gasteiger partial charge in [0.15, 0.2) is 0 Å². The Hall–Kier alpha value is -3.80. The van der Waals surface area contributed by atoms with Gasteiger partial charge in [-0.2, -0.15) is 5.10 Å². The molecule has 216 valence electrons. The van der Waals surface area contributed by atoms with Crippen LogP contribution in [0.4, 0.5) is 4.39 Å². The molecule has 2 aliphatic heterocycles. The van der Waals surface area contributed by atoms with E-state index in [1.54, 1.807) is 43.4 Å². The minimum absolute atomic E-state index is 0.144. The highest BCUT2D eigenvalue weighted by molar-refractivity contribution is 7.12. The third-order valence-electron chi connectivity index (χ3n) is 7.28. The topological polar surface area (TPSA) is 83.9 Å². The van der Waals surface area contributed by atoms with Crippen LogP contribution in [0.1, 0.15) is 33.3 Å². The van der Waals surface area contributed by atoms with Gasteiger partial charge >= 0.3 is 0 Å². The van der Waals surface area contributed by atoms with E-state index in [-0.39, 0.29) is 24.2 Å². The minimum atomic E-state index is -0.470. The molecular formula is C30H33FN4O5S. The van der Waals surface area contributed by atoms with Crippen molar-refractivity contribution in [2.24, 2.45) is 5.10 Å². The number of amides is 2. The molecule has 0 spiro atoms. The van der Waals surface area contributed by atoms with Gasteiger partial charge in [-0.1, -0.05) is 18.2 Å². The number of halogens is 1. The number of methoxy groups -OCH3 is 2. The number of hydrazone groups is 1. The highest BCUT2D eigenvalue weighted by atomic mass is 32.1. The lowest BCUT2D eigenvalue weighted by Gasteiger charge is -2.31. The van der Waals surface area contributed by atoms with Gasteiger partial charge < -0.3 is 19.1 Å². The van der Waals surface area contributed by atoms with E-state index >= 15 is 0 Å². The molecule has 41 heavy (non-hydrogen) atoms. The van der Waals surface area contributed by atoms with Crippen LogP contribution in [-0.4, -0.2) is 92.5 Å². The standard InChI is InChI=1S/C30H33FN4O5S/c1-38-23-9-10-24(27(18-23)39-2)25-19-26(21-5-7-22(31)8-6-21)35(32-25)29(36)20-34(30(37)28-4-3-17-41-28)12-11-33-13-15-40-16-14-33/h3-10,17-18,26H,11-16,19-20H2,1-2H3. The van der Waals surface area contributed by atoms with Gasteiger partial charge in [0.1, 0.15) is 23.9 Å². The maximum absolute atomic E-state index is 13.9. The summed E-state index contributed by atoms with van der Waals surface area (Å²) in [7, 11) is 3.14. The van der Waals surface area contributed by atoms with Gasteiger partial charge in [0.25, 0.3) is 11.8 Å². The monoisotopic (exact) mass is 580 g/mol. The summed E-state index contributed by atoms with van der Waals surface area (Å²) in [5.41, 5.74) is 2.13. The molecule has 1 fully saturated rings. The number of carbonyl (C=O) groups is 2. The number of hydrogen-bond donors (Lipinski definition) is 0. The SMILES string of the molecule is COc1ccc(C2=NN(C(=O)CN(CCN3CCOCC3)C(=O)c3cccs3)C(c3ccc(F)cc3)C2)c(OC)c1. The summed E-state index contributed by atoms with van der Waals surface area (Å²) in [6, 6.07) is 14.6. The van der Waals surface area contributed by atoms with E-state index in [0.29, 0.717) is 54.8 Å². The number of morpholine rings is 1. The highest BCUT2D eigenvalue weighted by Gasteiger charge is 2.35. The molecule has 11 heteroatoms. The molecule has 2 aliphatic rings. The normalized spacial score (nSPS) is 17.3. The van der Waals surface area contributed by atoms with E-state index in [1.165, 1.54) is 28.5 Å². The van der Waals surface area contributed by atoms with Crippen molar-refractivity contribution in [1.82, 2.24) is 14.8 Å². The van der Waals surface area contributed by atoms with Crippen LogP contribution in [0, 0.1) is 5.82 Å². The molecule has 9 nitrogen and oxygen atoms in total. The molecule has 1 saturated heterocycles. The average molecular weight is 581 g/mol. The van der Waals surface area contributed by atoms with E-state index in [1.807, 2.05) is 23.6 Å². The van der Waals surface area contributed by atoms with E-state index in [4.69, 9.17) is 19.3 Å². The second kappa shape index (κ2) is 13.2. The largest absolute Gasteiger partial charge is 0.497 e. The first-order valence-corrected chi connectivity index (χ1v) is 14.3. The van der Waals surface area contributed by atoms with Crippen LogP contribution in [0.3, 0.4) is 0 Å². The Balaban J connectivity index is 1.43. The summed E-state index contributed by atoms with van der Waals surface area (Å²) in [5.74, 6) is 0.317. The lowest BCUT2D eigenvalue weighted by Crippen LogP contribution is -2.46. The van der Waals surface area contributed by atoms with Crippen molar-refractivity contribution in [3.63, 3.8) is 0 Å². The lowest BCUT2D eigenvalue weighted by molar-refractivity contribution is -0.133. The van der Waals surface area contributed by atoms with Crippen LogP contribution in [0.2, 0.25) is 0 Å². The minimum Gasteiger partial charge on any atom is -0.497 e. The Bertz CT molecular complexity index is 1380.